The van der Waals surface area contributed by atoms with Gasteiger partial charge in [-0.15, -0.1) is 0 Å². The van der Waals surface area contributed by atoms with Crippen LogP contribution in [0, 0.1) is 0 Å². The van der Waals surface area contributed by atoms with E-state index < -0.39 is 5.91 Å². The molecule has 0 atom stereocenters. The molecule has 0 N–H and O–H groups in total. The molecule has 94 valence electrons. The van der Waals surface area contributed by atoms with Crippen LogP contribution in [0.3, 0.4) is 0 Å². The molecule has 0 unspecified atom stereocenters. The van der Waals surface area contributed by atoms with Gasteiger partial charge in [0.15, 0.2) is 0 Å². The summed E-state index contributed by atoms with van der Waals surface area (Å²) in [6.45, 7) is 3.72. The highest BCUT2D eigenvalue weighted by Crippen LogP contribution is 2.22. The molecule has 0 saturated carbocycles. The van der Waals surface area contributed by atoms with Crippen LogP contribution in [0.25, 0.3) is 10.4 Å². The van der Waals surface area contributed by atoms with Crippen molar-refractivity contribution >= 4 is 27.5 Å². The van der Waals surface area contributed by atoms with Gasteiger partial charge in [-0.25, -0.2) is 0 Å². The molecule has 0 aliphatic heterocycles. The lowest BCUT2D eigenvalue weighted by molar-refractivity contribution is 0.0988. The number of azide groups is 1. The second-order valence-corrected chi connectivity index (χ2v) is 4.43. The van der Waals surface area contributed by atoms with Crippen LogP contribution in [0.1, 0.15) is 29.8 Å². The number of hydrogen-bond acceptors (Lipinski definition) is 3. The van der Waals surface area contributed by atoms with E-state index >= 15 is 0 Å². The maximum Gasteiger partial charge on any atom is 0.249 e. The summed E-state index contributed by atoms with van der Waals surface area (Å²) >= 11 is 3.32. The first-order valence-electron chi connectivity index (χ1n) is 5.06. The number of hydrogen-bond donors (Lipinski definition) is 0. The van der Waals surface area contributed by atoms with Crippen LogP contribution in [0.15, 0.2) is 32.9 Å². The number of carbonyl (C=O) groups excluding carboxylic acids is 1. The zero-order valence-corrected chi connectivity index (χ0v) is 11.5. The van der Waals surface area contributed by atoms with Crippen molar-refractivity contribution in [1.29, 1.82) is 0 Å². The predicted molar refractivity (Wildman–Crippen MR) is 71.2 cm³/mol. The molecule has 7 heteroatoms. The Balaban J connectivity index is 3.04. The molecule has 0 aromatic heterocycles. The van der Waals surface area contributed by atoms with Gasteiger partial charge in [-0.2, -0.15) is 0 Å². The number of halogens is 1. The fraction of sp³-hybridized carbons (Fsp3) is 0.273. The predicted octanol–water partition coefficient (Wildman–Crippen LogP) is 3.81. The fourth-order valence-electron chi connectivity index (χ4n) is 1.23. The van der Waals surface area contributed by atoms with Gasteiger partial charge in [0.05, 0.1) is 5.71 Å². The minimum Gasteiger partial charge on any atom is -0.391 e. The van der Waals surface area contributed by atoms with Crippen LogP contribution in [0.2, 0.25) is 0 Å². The average molecular weight is 311 g/mol. The number of rotatable bonds is 4. The van der Waals surface area contributed by atoms with Crippen molar-refractivity contribution < 1.29 is 9.63 Å². The fourth-order valence-corrected chi connectivity index (χ4v) is 1.71. The Kier molecular flexibility index (Phi) is 5.35. The normalized spacial score (nSPS) is 9.28. The monoisotopic (exact) mass is 310 g/mol. The standard InChI is InChI=1S/C11H11BrN4O2/c1-7(2)15-18-6-9-8(11(17)14-16-13)4-3-5-10(9)12/h3-5H,6H2,1-2H3. The minimum atomic E-state index is -0.644. The maximum absolute atomic E-state index is 11.6. The van der Waals surface area contributed by atoms with Crippen LogP contribution in [-0.4, -0.2) is 11.6 Å². The van der Waals surface area contributed by atoms with E-state index in [0.717, 1.165) is 5.71 Å². The van der Waals surface area contributed by atoms with E-state index in [1.807, 2.05) is 0 Å². The first-order chi connectivity index (χ1) is 8.56. The van der Waals surface area contributed by atoms with E-state index in [1.54, 1.807) is 32.0 Å². The molecule has 1 aromatic rings. The van der Waals surface area contributed by atoms with Gasteiger partial charge >= 0.3 is 0 Å². The summed E-state index contributed by atoms with van der Waals surface area (Å²) in [4.78, 5) is 19.2. The molecule has 6 nitrogen and oxygen atoms in total. The molecule has 1 rings (SSSR count). The number of oxime groups is 1. The molecule has 0 aliphatic rings. The highest BCUT2D eigenvalue weighted by atomic mass is 79.9. The molecule has 0 saturated heterocycles. The Morgan fingerprint density at radius 3 is 2.83 bits per heavy atom. The number of benzene rings is 1. The van der Waals surface area contributed by atoms with E-state index in [2.05, 4.69) is 31.1 Å². The number of nitrogens with zero attached hydrogens (tertiary/aromatic N) is 4. The third kappa shape index (κ3) is 3.87. The summed E-state index contributed by atoms with van der Waals surface area (Å²) in [5.41, 5.74) is 9.94. The molecule has 0 radical (unpaired) electrons. The SMILES string of the molecule is CC(C)=NOCc1c(Br)cccc1C(=O)N=[N+]=[N-]. The van der Waals surface area contributed by atoms with Gasteiger partial charge in [0.25, 0.3) is 0 Å². The lowest BCUT2D eigenvalue weighted by Crippen LogP contribution is -2.02. The van der Waals surface area contributed by atoms with Crippen molar-refractivity contribution in [2.24, 2.45) is 10.3 Å². The average Bonchev–Trinajstić information content (AvgIpc) is 2.31. The van der Waals surface area contributed by atoms with Crippen LogP contribution in [-0.2, 0) is 11.4 Å². The molecule has 0 fully saturated rings. The van der Waals surface area contributed by atoms with Crippen LogP contribution in [0.4, 0.5) is 0 Å². The van der Waals surface area contributed by atoms with Crippen LogP contribution >= 0.6 is 15.9 Å². The van der Waals surface area contributed by atoms with Crippen molar-refractivity contribution in [2.75, 3.05) is 0 Å². The Labute approximate surface area is 112 Å². The van der Waals surface area contributed by atoms with Gasteiger partial charge in [-0.3, -0.25) is 4.79 Å². The Morgan fingerprint density at radius 1 is 1.50 bits per heavy atom. The summed E-state index contributed by atoms with van der Waals surface area (Å²) < 4.78 is 0.699. The minimum absolute atomic E-state index is 0.120. The summed E-state index contributed by atoms with van der Waals surface area (Å²) in [6, 6.07) is 5.03. The zero-order chi connectivity index (χ0) is 13.5. The molecule has 0 aliphatic carbocycles. The molecular formula is C11H11BrN4O2. The smallest absolute Gasteiger partial charge is 0.249 e. The van der Waals surface area contributed by atoms with Gasteiger partial charge in [0.1, 0.15) is 6.61 Å². The molecule has 1 aromatic carbocycles. The number of amides is 1. The Morgan fingerprint density at radius 2 is 2.22 bits per heavy atom. The first kappa shape index (κ1) is 14.2. The van der Waals surface area contributed by atoms with E-state index in [4.69, 9.17) is 10.4 Å². The maximum atomic E-state index is 11.6. The van der Waals surface area contributed by atoms with Gasteiger partial charge < -0.3 is 4.84 Å². The topological polar surface area (TPSA) is 87.4 Å². The van der Waals surface area contributed by atoms with Crippen molar-refractivity contribution in [3.63, 3.8) is 0 Å². The lowest BCUT2D eigenvalue weighted by Gasteiger charge is -2.07. The lowest BCUT2D eigenvalue weighted by atomic mass is 10.1. The Bertz CT molecular complexity index is 532. The van der Waals surface area contributed by atoms with Crippen molar-refractivity contribution in [2.45, 2.75) is 20.5 Å². The van der Waals surface area contributed by atoms with Gasteiger partial charge in [-0.05, 0) is 30.6 Å². The van der Waals surface area contributed by atoms with Gasteiger partial charge in [-0.1, -0.05) is 33.2 Å². The van der Waals surface area contributed by atoms with Crippen LogP contribution in [0.5, 0.6) is 0 Å². The van der Waals surface area contributed by atoms with Crippen molar-refractivity contribution in [3.05, 3.63) is 44.2 Å². The summed E-state index contributed by atoms with van der Waals surface area (Å²) in [7, 11) is 0. The van der Waals surface area contributed by atoms with Gasteiger partial charge in [0.2, 0.25) is 5.91 Å². The largest absolute Gasteiger partial charge is 0.391 e. The summed E-state index contributed by atoms with van der Waals surface area (Å²) in [5, 5.41) is 6.86. The zero-order valence-electron chi connectivity index (χ0n) is 9.92. The quantitative estimate of drug-likeness (QED) is 0.278. The molecule has 1 amide bonds. The van der Waals surface area contributed by atoms with E-state index in [-0.39, 0.29) is 6.61 Å². The number of carbonyl (C=O) groups is 1. The second kappa shape index (κ2) is 6.78. The molecule has 0 bridgehead atoms. The molecule has 0 heterocycles. The highest BCUT2D eigenvalue weighted by molar-refractivity contribution is 9.10. The highest BCUT2D eigenvalue weighted by Gasteiger charge is 2.13. The molecule has 0 spiro atoms. The summed E-state index contributed by atoms with van der Waals surface area (Å²) in [6.07, 6.45) is 0. The Hall–Kier alpha value is -1.85. The van der Waals surface area contributed by atoms with Gasteiger partial charge in [0, 0.05) is 20.5 Å². The van der Waals surface area contributed by atoms with Crippen molar-refractivity contribution in [3.8, 4) is 0 Å². The summed E-state index contributed by atoms with van der Waals surface area (Å²) in [5.74, 6) is -0.644. The second-order valence-electron chi connectivity index (χ2n) is 3.57. The molecule has 18 heavy (non-hydrogen) atoms. The van der Waals surface area contributed by atoms with Crippen molar-refractivity contribution in [1.82, 2.24) is 0 Å². The molecular weight excluding hydrogens is 300 g/mol. The van der Waals surface area contributed by atoms with E-state index in [0.29, 0.717) is 15.6 Å². The van der Waals surface area contributed by atoms with E-state index in [1.165, 1.54) is 0 Å². The third-order valence-electron chi connectivity index (χ3n) is 1.94. The van der Waals surface area contributed by atoms with E-state index in [9.17, 15) is 4.79 Å². The third-order valence-corrected chi connectivity index (χ3v) is 2.68. The first-order valence-corrected chi connectivity index (χ1v) is 5.85. The van der Waals surface area contributed by atoms with Crippen LogP contribution < -0.4 is 0 Å².